The standard InChI is InChI=1S/C13H26N2O3/c1-11(2)15(9-10-16)13(18)7-5-4-6-8-14-12(3)17/h11,16H,4-10H2,1-3H3,(H,14,17). The van der Waals surface area contributed by atoms with Gasteiger partial charge >= 0.3 is 0 Å². The molecule has 0 aromatic rings. The van der Waals surface area contributed by atoms with Crippen LogP contribution in [0.25, 0.3) is 0 Å². The Morgan fingerprint density at radius 2 is 1.89 bits per heavy atom. The normalized spacial score (nSPS) is 10.5. The van der Waals surface area contributed by atoms with E-state index in [1.807, 2.05) is 13.8 Å². The fraction of sp³-hybridized carbons (Fsp3) is 0.846. The summed E-state index contributed by atoms with van der Waals surface area (Å²) in [5.74, 6) is 0.0820. The zero-order valence-corrected chi connectivity index (χ0v) is 11.7. The Labute approximate surface area is 110 Å². The molecule has 0 saturated heterocycles. The number of carbonyl (C=O) groups is 2. The van der Waals surface area contributed by atoms with Gasteiger partial charge in [-0.15, -0.1) is 0 Å². The lowest BCUT2D eigenvalue weighted by Gasteiger charge is -2.26. The molecule has 0 spiro atoms. The van der Waals surface area contributed by atoms with Crippen molar-refractivity contribution in [3.8, 4) is 0 Å². The van der Waals surface area contributed by atoms with Crippen molar-refractivity contribution in [3.63, 3.8) is 0 Å². The molecule has 0 aliphatic heterocycles. The minimum Gasteiger partial charge on any atom is -0.395 e. The lowest BCUT2D eigenvalue weighted by atomic mass is 10.1. The number of aliphatic hydroxyl groups is 1. The van der Waals surface area contributed by atoms with Crippen LogP contribution >= 0.6 is 0 Å². The number of carbonyl (C=O) groups excluding carboxylic acids is 2. The van der Waals surface area contributed by atoms with Gasteiger partial charge in [-0.25, -0.2) is 0 Å². The Bertz CT molecular complexity index is 255. The molecule has 5 heteroatoms. The number of aliphatic hydroxyl groups excluding tert-OH is 1. The van der Waals surface area contributed by atoms with E-state index in [9.17, 15) is 9.59 Å². The third-order valence-electron chi connectivity index (χ3n) is 2.73. The number of unbranched alkanes of at least 4 members (excludes halogenated alkanes) is 2. The van der Waals surface area contributed by atoms with Gasteiger partial charge in [0.05, 0.1) is 6.61 Å². The summed E-state index contributed by atoms with van der Waals surface area (Å²) in [7, 11) is 0. The van der Waals surface area contributed by atoms with E-state index in [-0.39, 0.29) is 24.5 Å². The van der Waals surface area contributed by atoms with Crippen LogP contribution in [-0.4, -0.2) is 47.6 Å². The van der Waals surface area contributed by atoms with Crippen LogP contribution in [0, 0.1) is 0 Å². The number of amides is 2. The van der Waals surface area contributed by atoms with E-state index in [0.29, 0.717) is 19.5 Å². The number of nitrogens with one attached hydrogen (secondary N) is 1. The summed E-state index contributed by atoms with van der Waals surface area (Å²) in [6, 6.07) is 0.129. The van der Waals surface area contributed by atoms with Crippen molar-refractivity contribution in [1.82, 2.24) is 10.2 Å². The second kappa shape index (κ2) is 9.88. The third kappa shape index (κ3) is 8.06. The first-order chi connectivity index (χ1) is 8.49. The monoisotopic (exact) mass is 258 g/mol. The number of nitrogens with zero attached hydrogens (tertiary/aromatic N) is 1. The molecule has 0 radical (unpaired) electrons. The molecule has 0 bridgehead atoms. The molecule has 0 unspecified atom stereocenters. The minimum atomic E-state index is -0.0139. The molecule has 2 N–H and O–H groups in total. The maximum Gasteiger partial charge on any atom is 0.222 e. The molecular weight excluding hydrogens is 232 g/mol. The Kier molecular flexibility index (Phi) is 9.28. The van der Waals surface area contributed by atoms with Crippen molar-refractivity contribution in [2.24, 2.45) is 0 Å². The molecule has 0 rings (SSSR count). The third-order valence-corrected chi connectivity index (χ3v) is 2.73. The van der Waals surface area contributed by atoms with Crippen LogP contribution in [0.4, 0.5) is 0 Å². The van der Waals surface area contributed by atoms with Crippen molar-refractivity contribution in [1.29, 1.82) is 0 Å². The molecular formula is C13H26N2O3. The average Bonchev–Trinajstić information content (AvgIpc) is 2.29. The highest BCUT2D eigenvalue weighted by molar-refractivity contribution is 5.76. The average molecular weight is 258 g/mol. The second-order valence-corrected chi connectivity index (χ2v) is 4.70. The first-order valence-corrected chi connectivity index (χ1v) is 6.63. The Morgan fingerprint density at radius 1 is 1.22 bits per heavy atom. The molecule has 0 aliphatic rings. The summed E-state index contributed by atoms with van der Waals surface area (Å²) < 4.78 is 0. The summed E-state index contributed by atoms with van der Waals surface area (Å²) in [5, 5.41) is 11.6. The summed E-state index contributed by atoms with van der Waals surface area (Å²) in [6.07, 6.45) is 3.16. The first kappa shape index (κ1) is 16.9. The number of rotatable bonds is 9. The molecule has 18 heavy (non-hydrogen) atoms. The quantitative estimate of drug-likeness (QED) is 0.604. The van der Waals surface area contributed by atoms with Gasteiger partial charge < -0.3 is 15.3 Å². The van der Waals surface area contributed by atoms with Gasteiger partial charge in [-0.3, -0.25) is 9.59 Å². The highest BCUT2D eigenvalue weighted by atomic mass is 16.3. The maximum absolute atomic E-state index is 11.9. The summed E-state index contributed by atoms with van der Waals surface area (Å²) in [5.41, 5.74) is 0. The van der Waals surface area contributed by atoms with Gasteiger partial charge in [-0.2, -0.15) is 0 Å². The Morgan fingerprint density at radius 3 is 2.39 bits per heavy atom. The molecule has 5 nitrogen and oxygen atoms in total. The van der Waals surface area contributed by atoms with Gasteiger partial charge in [-0.1, -0.05) is 6.42 Å². The zero-order valence-electron chi connectivity index (χ0n) is 11.7. The van der Waals surface area contributed by atoms with Crippen LogP contribution in [-0.2, 0) is 9.59 Å². The minimum absolute atomic E-state index is 0.00640. The van der Waals surface area contributed by atoms with E-state index in [0.717, 1.165) is 19.3 Å². The van der Waals surface area contributed by atoms with Crippen LogP contribution in [0.2, 0.25) is 0 Å². The molecule has 0 fully saturated rings. The lowest BCUT2D eigenvalue weighted by Crippen LogP contribution is -2.38. The van der Waals surface area contributed by atoms with Crippen molar-refractivity contribution in [3.05, 3.63) is 0 Å². The summed E-state index contributed by atoms with van der Waals surface area (Å²) in [4.78, 5) is 24.2. The van der Waals surface area contributed by atoms with Crippen molar-refractivity contribution >= 4 is 11.8 Å². The van der Waals surface area contributed by atoms with E-state index < -0.39 is 0 Å². The smallest absolute Gasteiger partial charge is 0.222 e. The van der Waals surface area contributed by atoms with E-state index in [4.69, 9.17) is 5.11 Å². The fourth-order valence-electron chi connectivity index (χ4n) is 1.76. The van der Waals surface area contributed by atoms with E-state index >= 15 is 0 Å². The van der Waals surface area contributed by atoms with Crippen LogP contribution in [0.15, 0.2) is 0 Å². The zero-order chi connectivity index (χ0) is 14.0. The van der Waals surface area contributed by atoms with Gasteiger partial charge in [-0.05, 0) is 26.7 Å². The van der Waals surface area contributed by atoms with Crippen LogP contribution in [0.5, 0.6) is 0 Å². The van der Waals surface area contributed by atoms with E-state index in [1.54, 1.807) is 4.90 Å². The molecule has 0 aromatic carbocycles. The maximum atomic E-state index is 11.9. The molecule has 0 heterocycles. The first-order valence-electron chi connectivity index (χ1n) is 6.63. The predicted octanol–water partition coefficient (Wildman–Crippen LogP) is 0.912. The SMILES string of the molecule is CC(=O)NCCCCCC(=O)N(CCO)C(C)C. The molecule has 0 aromatic heterocycles. The molecule has 0 atom stereocenters. The summed E-state index contributed by atoms with van der Waals surface area (Å²) in [6.45, 7) is 6.48. The molecule has 106 valence electrons. The number of hydrogen-bond acceptors (Lipinski definition) is 3. The van der Waals surface area contributed by atoms with Crippen LogP contribution in [0.1, 0.15) is 46.5 Å². The van der Waals surface area contributed by atoms with Gasteiger partial charge in [0.25, 0.3) is 0 Å². The molecule has 0 aliphatic carbocycles. The van der Waals surface area contributed by atoms with Crippen molar-refractivity contribution in [2.75, 3.05) is 19.7 Å². The van der Waals surface area contributed by atoms with Crippen LogP contribution in [0.3, 0.4) is 0 Å². The summed E-state index contributed by atoms with van der Waals surface area (Å²) >= 11 is 0. The van der Waals surface area contributed by atoms with Gasteiger partial charge in [0.15, 0.2) is 0 Å². The van der Waals surface area contributed by atoms with Gasteiger partial charge in [0, 0.05) is 32.5 Å². The largest absolute Gasteiger partial charge is 0.395 e. The molecule has 0 saturated carbocycles. The lowest BCUT2D eigenvalue weighted by molar-refractivity contribution is -0.133. The highest BCUT2D eigenvalue weighted by Gasteiger charge is 2.15. The Hall–Kier alpha value is -1.10. The fourth-order valence-corrected chi connectivity index (χ4v) is 1.76. The van der Waals surface area contributed by atoms with Crippen LogP contribution < -0.4 is 5.32 Å². The van der Waals surface area contributed by atoms with E-state index in [1.165, 1.54) is 6.92 Å². The van der Waals surface area contributed by atoms with Gasteiger partial charge in [0.2, 0.25) is 11.8 Å². The molecule has 2 amide bonds. The van der Waals surface area contributed by atoms with E-state index in [2.05, 4.69) is 5.32 Å². The topological polar surface area (TPSA) is 69.6 Å². The van der Waals surface area contributed by atoms with Gasteiger partial charge in [0.1, 0.15) is 0 Å². The van der Waals surface area contributed by atoms with Crippen molar-refractivity contribution in [2.45, 2.75) is 52.5 Å². The number of hydrogen-bond donors (Lipinski definition) is 2. The van der Waals surface area contributed by atoms with Crippen molar-refractivity contribution < 1.29 is 14.7 Å². The highest BCUT2D eigenvalue weighted by Crippen LogP contribution is 2.06. The Balaban J connectivity index is 3.70. The second-order valence-electron chi connectivity index (χ2n) is 4.70. The predicted molar refractivity (Wildman–Crippen MR) is 71.1 cm³/mol.